The van der Waals surface area contributed by atoms with Crippen molar-refractivity contribution in [1.29, 1.82) is 0 Å². The number of nitrogens with one attached hydrogen (secondary N) is 1. The van der Waals surface area contributed by atoms with E-state index in [4.69, 9.17) is 0 Å². The fourth-order valence-electron chi connectivity index (χ4n) is 2.49. The monoisotopic (exact) mass is 369 g/mol. The summed E-state index contributed by atoms with van der Waals surface area (Å²) in [6, 6.07) is 11.1. The number of thioether (sulfide) groups is 1. The molecule has 1 aromatic heterocycles. The van der Waals surface area contributed by atoms with Crippen molar-refractivity contribution in [2.24, 2.45) is 0 Å². The number of nitrogens with zero attached hydrogens (tertiary/aromatic N) is 2. The van der Waals surface area contributed by atoms with Gasteiger partial charge in [-0.25, -0.2) is 0 Å². The van der Waals surface area contributed by atoms with E-state index in [-0.39, 0.29) is 6.54 Å². The lowest BCUT2D eigenvalue weighted by atomic mass is 10.3. The van der Waals surface area contributed by atoms with E-state index in [1.54, 1.807) is 30.3 Å². The molecule has 0 spiro atoms. The average molecular weight is 369 g/mol. The molecule has 0 saturated carbocycles. The van der Waals surface area contributed by atoms with E-state index in [1.165, 1.54) is 0 Å². The van der Waals surface area contributed by atoms with Crippen molar-refractivity contribution >= 4 is 40.6 Å². The van der Waals surface area contributed by atoms with E-state index in [0.29, 0.717) is 16.6 Å². The molecule has 3 amide bonds. The summed E-state index contributed by atoms with van der Waals surface area (Å²) in [5.41, 5.74) is 1.47. The third-order valence-corrected chi connectivity index (χ3v) is 4.77. The molecule has 1 fully saturated rings. The summed E-state index contributed by atoms with van der Waals surface area (Å²) >= 11 is 0.852. The van der Waals surface area contributed by atoms with Gasteiger partial charge >= 0.3 is 0 Å². The molecule has 2 heterocycles. The van der Waals surface area contributed by atoms with Crippen LogP contribution >= 0.6 is 11.8 Å². The number of aromatic nitrogens is 1. The first-order valence-corrected chi connectivity index (χ1v) is 9.03. The van der Waals surface area contributed by atoms with Gasteiger partial charge in [-0.2, -0.15) is 0 Å². The maximum absolute atomic E-state index is 12.5. The van der Waals surface area contributed by atoms with Crippen LogP contribution in [-0.4, -0.2) is 33.1 Å². The number of hydrogen-bond donors (Lipinski definition) is 1. The lowest BCUT2D eigenvalue weighted by Crippen LogP contribution is -2.36. The van der Waals surface area contributed by atoms with Crippen molar-refractivity contribution in [3.63, 3.8) is 0 Å². The van der Waals surface area contributed by atoms with Crippen LogP contribution in [-0.2, 0) is 9.59 Å². The molecule has 1 saturated heterocycles. The second kappa shape index (κ2) is 7.61. The third-order valence-electron chi connectivity index (χ3n) is 3.86. The number of anilines is 1. The van der Waals surface area contributed by atoms with E-state index >= 15 is 0 Å². The molecule has 26 heavy (non-hydrogen) atoms. The number of hydrogen-bond acceptors (Lipinski definition) is 4. The largest absolute Gasteiger partial charge is 0.351 e. The highest BCUT2D eigenvalue weighted by molar-refractivity contribution is 8.18. The third kappa shape index (κ3) is 4.05. The maximum Gasteiger partial charge on any atom is 0.294 e. The van der Waals surface area contributed by atoms with Crippen LogP contribution in [0.3, 0.4) is 0 Å². The van der Waals surface area contributed by atoms with Crippen LogP contribution in [0, 0.1) is 0 Å². The van der Waals surface area contributed by atoms with Crippen molar-refractivity contribution in [2.75, 3.05) is 11.9 Å². The maximum atomic E-state index is 12.5. The van der Waals surface area contributed by atoms with Crippen molar-refractivity contribution < 1.29 is 14.4 Å². The van der Waals surface area contributed by atoms with E-state index in [9.17, 15) is 14.4 Å². The lowest BCUT2D eigenvalue weighted by molar-refractivity contribution is -0.127. The Hall–Kier alpha value is -2.80. The van der Waals surface area contributed by atoms with E-state index in [2.05, 4.69) is 19.2 Å². The zero-order valence-electron chi connectivity index (χ0n) is 14.5. The summed E-state index contributed by atoms with van der Waals surface area (Å²) in [5.74, 6) is -0.855. The van der Waals surface area contributed by atoms with Crippen LogP contribution in [0.1, 0.15) is 25.5 Å². The van der Waals surface area contributed by atoms with Crippen LogP contribution in [0.15, 0.2) is 53.7 Å². The molecule has 1 aliphatic rings. The van der Waals surface area contributed by atoms with Crippen molar-refractivity contribution in [3.05, 3.63) is 59.3 Å². The van der Waals surface area contributed by atoms with Gasteiger partial charge in [0.05, 0.1) is 4.91 Å². The molecule has 1 N–H and O–H groups in total. The number of carbonyl (C=O) groups excluding carboxylic acids is 3. The van der Waals surface area contributed by atoms with Gasteiger partial charge < -0.3 is 9.88 Å². The van der Waals surface area contributed by atoms with Gasteiger partial charge in [0, 0.05) is 24.1 Å². The molecular formula is C19H19N3O3S. The predicted octanol–water partition coefficient (Wildman–Crippen LogP) is 3.74. The molecule has 0 radical (unpaired) electrons. The Morgan fingerprint density at radius 1 is 1.19 bits per heavy atom. The highest BCUT2D eigenvalue weighted by atomic mass is 32.2. The van der Waals surface area contributed by atoms with Crippen molar-refractivity contribution in [1.82, 2.24) is 9.47 Å². The highest BCUT2D eigenvalue weighted by Crippen LogP contribution is 2.32. The molecule has 3 rings (SSSR count). The number of amides is 3. The van der Waals surface area contributed by atoms with E-state index < -0.39 is 17.1 Å². The summed E-state index contributed by atoms with van der Waals surface area (Å²) in [5, 5.41) is 2.24. The minimum atomic E-state index is -0.444. The summed E-state index contributed by atoms with van der Waals surface area (Å²) in [6.07, 6.45) is 5.52. The SMILES string of the molecule is CC(C)n1ccc(/C=C2/SC(=O)N(CC(=O)Nc3ccccc3)C2=O)c1. The van der Waals surface area contributed by atoms with Gasteiger partial charge in [0.25, 0.3) is 11.1 Å². The van der Waals surface area contributed by atoms with Gasteiger partial charge in [-0.15, -0.1) is 0 Å². The Bertz CT molecular complexity index is 871. The molecule has 0 atom stereocenters. The van der Waals surface area contributed by atoms with Crippen LogP contribution in [0.4, 0.5) is 10.5 Å². The van der Waals surface area contributed by atoms with Crippen LogP contribution in [0.2, 0.25) is 0 Å². The fraction of sp³-hybridized carbons (Fsp3) is 0.211. The Balaban J connectivity index is 1.68. The second-order valence-corrected chi connectivity index (χ2v) is 7.16. The van der Waals surface area contributed by atoms with E-state index in [0.717, 1.165) is 22.2 Å². The number of para-hydroxylation sites is 1. The van der Waals surface area contributed by atoms with Gasteiger partial charge in [-0.1, -0.05) is 18.2 Å². The van der Waals surface area contributed by atoms with Crippen molar-refractivity contribution in [2.45, 2.75) is 19.9 Å². The standard InChI is InChI=1S/C19H19N3O3S/c1-13(2)21-9-8-14(11-21)10-16-18(24)22(19(25)26-16)12-17(23)20-15-6-4-3-5-7-15/h3-11,13H,12H2,1-2H3,(H,20,23)/b16-10+. The number of benzene rings is 1. The molecule has 1 aromatic carbocycles. The fourth-order valence-corrected chi connectivity index (χ4v) is 3.33. The predicted molar refractivity (Wildman–Crippen MR) is 103 cm³/mol. The molecule has 2 aromatic rings. The first kappa shape index (κ1) is 18.0. The van der Waals surface area contributed by atoms with Crippen molar-refractivity contribution in [3.8, 4) is 0 Å². The van der Waals surface area contributed by atoms with Gasteiger partial charge in [-0.05, 0) is 55.4 Å². The molecule has 6 nitrogen and oxygen atoms in total. The Kier molecular flexibility index (Phi) is 5.27. The minimum Gasteiger partial charge on any atom is -0.351 e. The number of carbonyl (C=O) groups is 3. The first-order chi connectivity index (χ1) is 12.4. The zero-order chi connectivity index (χ0) is 18.7. The molecule has 1 aliphatic heterocycles. The van der Waals surface area contributed by atoms with Gasteiger partial charge in [0.1, 0.15) is 6.54 Å². The van der Waals surface area contributed by atoms with Crippen LogP contribution < -0.4 is 5.32 Å². The zero-order valence-corrected chi connectivity index (χ0v) is 15.3. The molecular weight excluding hydrogens is 350 g/mol. The molecule has 0 unspecified atom stereocenters. The topological polar surface area (TPSA) is 71.4 Å². The summed E-state index contributed by atoms with van der Waals surface area (Å²) in [6.45, 7) is 3.82. The van der Waals surface area contributed by atoms with Gasteiger partial charge in [0.15, 0.2) is 0 Å². The summed E-state index contributed by atoms with van der Waals surface area (Å²) < 4.78 is 2.02. The average Bonchev–Trinajstić information content (AvgIpc) is 3.17. The normalized spacial score (nSPS) is 16.0. The first-order valence-electron chi connectivity index (χ1n) is 8.22. The molecule has 0 aliphatic carbocycles. The smallest absolute Gasteiger partial charge is 0.294 e. The Morgan fingerprint density at radius 3 is 2.58 bits per heavy atom. The number of imide groups is 1. The summed E-state index contributed by atoms with van der Waals surface area (Å²) in [4.78, 5) is 38.0. The van der Waals surface area contributed by atoms with Gasteiger partial charge in [0.2, 0.25) is 5.91 Å². The van der Waals surface area contributed by atoms with E-state index in [1.807, 2.05) is 29.1 Å². The molecule has 7 heteroatoms. The highest BCUT2D eigenvalue weighted by Gasteiger charge is 2.36. The molecule has 0 bridgehead atoms. The summed E-state index contributed by atoms with van der Waals surface area (Å²) in [7, 11) is 0. The molecule has 134 valence electrons. The Labute approximate surface area is 155 Å². The lowest BCUT2D eigenvalue weighted by Gasteiger charge is -2.12. The Morgan fingerprint density at radius 2 is 1.92 bits per heavy atom. The quantitative estimate of drug-likeness (QED) is 0.815. The second-order valence-electron chi connectivity index (χ2n) is 6.17. The minimum absolute atomic E-state index is 0.302. The van der Waals surface area contributed by atoms with Gasteiger partial charge in [-0.3, -0.25) is 19.3 Å². The van der Waals surface area contributed by atoms with Crippen LogP contribution in [0.5, 0.6) is 0 Å². The number of rotatable bonds is 5. The van der Waals surface area contributed by atoms with Crippen LogP contribution in [0.25, 0.3) is 6.08 Å².